The molecule has 5 heteroatoms. The summed E-state index contributed by atoms with van der Waals surface area (Å²) >= 11 is 0. The van der Waals surface area contributed by atoms with Crippen LogP contribution in [0.25, 0.3) is 89.1 Å². The van der Waals surface area contributed by atoms with Crippen LogP contribution in [0.2, 0.25) is 0 Å². The highest BCUT2D eigenvalue weighted by atomic mass is 16.3. The van der Waals surface area contributed by atoms with Gasteiger partial charge in [-0.2, -0.15) is 0 Å². The normalized spacial score (nSPS) is 11.3. The molecular formula is C55H36N4O. The van der Waals surface area contributed by atoms with E-state index in [4.69, 9.17) is 19.4 Å². The first-order valence-corrected chi connectivity index (χ1v) is 20.1. The van der Waals surface area contributed by atoms with Crippen LogP contribution in [0, 0.1) is 0 Å². The molecule has 0 N–H and O–H groups in total. The zero-order chi connectivity index (χ0) is 39.8. The first-order valence-electron chi connectivity index (χ1n) is 20.1. The van der Waals surface area contributed by atoms with Gasteiger partial charge in [0.2, 0.25) is 0 Å². The fourth-order valence-electron chi connectivity index (χ4n) is 8.33. The molecule has 0 radical (unpaired) electrons. The number of aromatic nitrogens is 3. The molecule has 0 aliphatic heterocycles. The quantitative estimate of drug-likeness (QED) is 0.154. The largest absolute Gasteiger partial charge is 0.455 e. The lowest BCUT2D eigenvalue weighted by atomic mass is 9.90. The molecule has 5 nitrogen and oxygen atoms in total. The second-order valence-corrected chi connectivity index (χ2v) is 14.8. The average molecular weight is 769 g/mol. The van der Waals surface area contributed by atoms with E-state index in [9.17, 15) is 0 Å². The van der Waals surface area contributed by atoms with E-state index in [0.29, 0.717) is 17.5 Å². The van der Waals surface area contributed by atoms with E-state index in [0.717, 1.165) is 88.7 Å². The fourth-order valence-corrected chi connectivity index (χ4v) is 8.33. The van der Waals surface area contributed by atoms with Crippen molar-refractivity contribution in [2.45, 2.75) is 0 Å². The number of benzene rings is 9. The summed E-state index contributed by atoms with van der Waals surface area (Å²) < 4.78 is 6.79. The SMILES string of the molecule is c1ccc(-c2nc(-c3ccccc3)nc(-c3ccc(-c4ccc(-c5ccc(N(c6ccccc6)c6ccccc6)cc5)c5oc6ccccc6c45)c4ccccc34)n2)cc1. The van der Waals surface area contributed by atoms with Crippen LogP contribution in [0.3, 0.4) is 0 Å². The highest BCUT2D eigenvalue weighted by Gasteiger charge is 2.21. The molecule has 0 saturated carbocycles. The summed E-state index contributed by atoms with van der Waals surface area (Å²) in [6.45, 7) is 0. The van der Waals surface area contributed by atoms with E-state index in [1.54, 1.807) is 0 Å². The molecule has 0 aliphatic rings. The van der Waals surface area contributed by atoms with Gasteiger partial charge in [0.1, 0.15) is 11.2 Å². The number of anilines is 3. The molecule has 0 spiro atoms. The molecule has 0 bridgehead atoms. The van der Waals surface area contributed by atoms with E-state index < -0.39 is 0 Å². The van der Waals surface area contributed by atoms with E-state index in [1.807, 2.05) is 78.9 Å². The minimum atomic E-state index is 0.626. The predicted molar refractivity (Wildman–Crippen MR) is 246 cm³/mol. The van der Waals surface area contributed by atoms with Crippen LogP contribution in [0.4, 0.5) is 17.1 Å². The molecule has 0 fully saturated rings. The Kier molecular flexibility index (Phi) is 8.75. The third-order valence-corrected chi connectivity index (χ3v) is 11.1. The van der Waals surface area contributed by atoms with E-state index >= 15 is 0 Å². The first-order chi connectivity index (χ1) is 29.8. The van der Waals surface area contributed by atoms with Crippen LogP contribution in [0.5, 0.6) is 0 Å². The number of furan rings is 1. The standard InChI is InChI=1S/C55H36N4O/c1-5-17-38(18-6-1)53-56-54(39-19-7-2-8-20-39)58-55(57-53)48-36-34-46(44-25-13-14-26-45(44)48)47-35-33-43(52-51(47)49-27-15-16-28-50(49)60-52)37-29-31-42(32-30-37)59(40-21-9-3-10-22-40)41-23-11-4-12-24-41/h1-36H. The molecule has 2 heterocycles. The number of para-hydroxylation sites is 3. The zero-order valence-electron chi connectivity index (χ0n) is 32.5. The third-order valence-electron chi connectivity index (χ3n) is 11.1. The Labute approximate surface area is 347 Å². The van der Waals surface area contributed by atoms with Crippen molar-refractivity contribution < 1.29 is 4.42 Å². The van der Waals surface area contributed by atoms with Crippen molar-refractivity contribution in [3.05, 3.63) is 218 Å². The Bertz CT molecular complexity index is 3200. The van der Waals surface area contributed by atoms with Gasteiger partial charge in [-0.1, -0.05) is 164 Å². The molecular weight excluding hydrogens is 733 g/mol. The zero-order valence-corrected chi connectivity index (χ0v) is 32.5. The van der Waals surface area contributed by atoms with Crippen LogP contribution in [0.15, 0.2) is 223 Å². The van der Waals surface area contributed by atoms with Gasteiger partial charge in [0.15, 0.2) is 17.5 Å². The van der Waals surface area contributed by atoms with Crippen LogP contribution in [0.1, 0.15) is 0 Å². The van der Waals surface area contributed by atoms with Crippen LogP contribution < -0.4 is 4.90 Å². The first kappa shape index (κ1) is 35.0. The summed E-state index contributed by atoms with van der Waals surface area (Å²) in [5, 5.41) is 4.31. The maximum Gasteiger partial charge on any atom is 0.164 e. The van der Waals surface area contributed by atoms with Gasteiger partial charge in [0.25, 0.3) is 0 Å². The van der Waals surface area contributed by atoms with Crippen LogP contribution in [-0.2, 0) is 0 Å². The summed E-state index contributed by atoms with van der Waals surface area (Å²) in [7, 11) is 0. The maximum absolute atomic E-state index is 6.79. The number of hydrogen-bond acceptors (Lipinski definition) is 5. The molecule has 9 aromatic carbocycles. The number of fused-ring (bicyclic) bond motifs is 4. The molecule has 11 aromatic rings. The maximum atomic E-state index is 6.79. The van der Waals surface area contributed by atoms with Gasteiger partial charge in [0.05, 0.1) is 0 Å². The average Bonchev–Trinajstić information content (AvgIpc) is 3.72. The minimum Gasteiger partial charge on any atom is -0.455 e. The third kappa shape index (κ3) is 6.26. The molecule has 0 amide bonds. The fraction of sp³-hybridized carbons (Fsp3) is 0. The predicted octanol–water partition coefficient (Wildman–Crippen LogP) is 14.7. The summed E-state index contributed by atoms with van der Waals surface area (Å²) in [6.07, 6.45) is 0. The van der Waals surface area contributed by atoms with E-state index in [2.05, 4.69) is 144 Å². The topological polar surface area (TPSA) is 55.1 Å². The van der Waals surface area contributed by atoms with Crippen molar-refractivity contribution in [3.63, 3.8) is 0 Å². The van der Waals surface area contributed by atoms with Crippen molar-refractivity contribution >= 4 is 49.8 Å². The van der Waals surface area contributed by atoms with Gasteiger partial charge in [0, 0.05) is 50.1 Å². The molecule has 0 atom stereocenters. The van der Waals surface area contributed by atoms with Crippen molar-refractivity contribution in [1.82, 2.24) is 15.0 Å². The highest BCUT2D eigenvalue weighted by Crippen LogP contribution is 2.45. The second-order valence-electron chi connectivity index (χ2n) is 14.8. The number of hydrogen-bond donors (Lipinski definition) is 0. The lowest BCUT2D eigenvalue weighted by Crippen LogP contribution is -2.09. The molecule has 282 valence electrons. The van der Waals surface area contributed by atoms with Crippen molar-refractivity contribution in [3.8, 4) is 56.4 Å². The summed E-state index contributed by atoms with van der Waals surface area (Å²) in [5.74, 6) is 1.90. The van der Waals surface area contributed by atoms with Crippen molar-refractivity contribution in [2.75, 3.05) is 4.90 Å². The molecule has 11 rings (SSSR count). The van der Waals surface area contributed by atoms with Gasteiger partial charge >= 0.3 is 0 Å². The summed E-state index contributed by atoms with van der Waals surface area (Å²) in [5.41, 5.74) is 12.1. The number of nitrogens with zero attached hydrogens (tertiary/aromatic N) is 4. The lowest BCUT2D eigenvalue weighted by Gasteiger charge is -2.25. The second kappa shape index (κ2) is 15.0. The van der Waals surface area contributed by atoms with Gasteiger partial charge in [-0.25, -0.2) is 15.0 Å². The summed E-state index contributed by atoms with van der Waals surface area (Å²) in [6, 6.07) is 75.6. The molecule has 0 saturated heterocycles. The molecule has 60 heavy (non-hydrogen) atoms. The Hall–Kier alpha value is -8.15. The van der Waals surface area contributed by atoms with Gasteiger partial charge in [-0.05, 0) is 82.1 Å². The highest BCUT2D eigenvalue weighted by molar-refractivity contribution is 6.19. The Morgan fingerprint density at radius 2 is 0.733 bits per heavy atom. The van der Waals surface area contributed by atoms with Crippen LogP contribution in [-0.4, -0.2) is 15.0 Å². The van der Waals surface area contributed by atoms with E-state index in [1.165, 1.54) is 0 Å². The number of rotatable bonds is 8. The Morgan fingerprint density at radius 1 is 0.300 bits per heavy atom. The Balaban J connectivity index is 1.05. The molecule has 0 aliphatic carbocycles. The van der Waals surface area contributed by atoms with Gasteiger partial charge < -0.3 is 9.32 Å². The van der Waals surface area contributed by atoms with Gasteiger partial charge in [-0.3, -0.25) is 0 Å². The van der Waals surface area contributed by atoms with Crippen molar-refractivity contribution in [1.29, 1.82) is 0 Å². The monoisotopic (exact) mass is 768 g/mol. The smallest absolute Gasteiger partial charge is 0.164 e. The lowest BCUT2D eigenvalue weighted by molar-refractivity contribution is 0.670. The van der Waals surface area contributed by atoms with Gasteiger partial charge in [-0.15, -0.1) is 0 Å². The van der Waals surface area contributed by atoms with Crippen LogP contribution >= 0.6 is 0 Å². The molecule has 0 unspecified atom stereocenters. The minimum absolute atomic E-state index is 0.626. The van der Waals surface area contributed by atoms with Crippen molar-refractivity contribution in [2.24, 2.45) is 0 Å². The van der Waals surface area contributed by atoms with E-state index in [-0.39, 0.29) is 0 Å². The molecule has 2 aromatic heterocycles. The summed E-state index contributed by atoms with van der Waals surface area (Å²) in [4.78, 5) is 17.4. The Morgan fingerprint density at radius 3 is 1.33 bits per heavy atom.